The second-order valence-electron chi connectivity index (χ2n) is 4.74. The molecule has 2 aromatic rings. The van der Waals surface area contributed by atoms with Crippen molar-refractivity contribution in [2.75, 3.05) is 6.54 Å². The molecule has 2 rings (SSSR count). The molecule has 0 aliphatic rings. The van der Waals surface area contributed by atoms with Gasteiger partial charge in [0.15, 0.2) is 0 Å². The number of hydrogen-bond donors (Lipinski definition) is 1. The van der Waals surface area contributed by atoms with Crippen LogP contribution < -0.4 is 5.73 Å². The van der Waals surface area contributed by atoms with Gasteiger partial charge in [-0.2, -0.15) is 0 Å². The van der Waals surface area contributed by atoms with E-state index in [0.29, 0.717) is 18.5 Å². The fraction of sp³-hybridized carbons (Fsp3) is 0.429. The van der Waals surface area contributed by atoms with E-state index in [2.05, 4.69) is 55.8 Å². The maximum Gasteiger partial charge on any atom is 0.0518 e. The molecule has 0 fully saturated rings. The molecule has 0 spiro atoms. The van der Waals surface area contributed by atoms with Crippen molar-refractivity contribution in [2.24, 2.45) is 5.73 Å². The summed E-state index contributed by atoms with van der Waals surface area (Å²) < 4.78 is 2.33. The summed E-state index contributed by atoms with van der Waals surface area (Å²) in [7, 11) is 0. The number of nitrogens with zero attached hydrogens (tertiary/aromatic N) is 1. The summed E-state index contributed by atoms with van der Waals surface area (Å²) in [5.41, 5.74) is 8.48. The summed E-state index contributed by atoms with van der Waals surface area (Å²) in [5.74, 6) is 0.413. The third kappa shape index (κ3) is 1.74. The number of benzene rings is 1. The SMILES string of the molecule is CC(CN)c1cccc2ccn(C(C)C)c12. The second kappa shape index (κ2) is 4.30. The van der Waals surface area contributed by atoms with Crippen LogP contribution in [0.25, 0.3) is 10.9 Å². The van der Waals surface area contributed by atoms with Crippen LogP contribution in [-0.2, 0) is 0 Å². The summed E-state index contributed by atoms with van der Waals surface area (Å²) >= 11 is 0. The quantitative estimate of drug-likeness (QED) is 0.838. The van der Waals surface area contributed by atoms with Gasteiger partial charge in [0, 0.05) is 12.2 Å². The minimum Gasteiger partial charge on any atom is -0.345 e. The van der Waals surface area contributed by atoms with Crippen LogP contribution in [0.4, 0.5) is 0 Å². The molecular weight excluding hydrogens is 196 g/mol. The number of para-hydroxylation sites is 1. The Morgan fingerprint density at radius 1 is 1.19 bits per heavy atom. The van der Waals surface area contributed by atoms with Gasteiger partial charge in [0.2, 0.25) is 0 Å². The highest BCUT2D eigenvalue weighted by atomic mass is 15.0. The summed E-state index contributed by atoms with van der Waals surface area (Å²) in [6.07, 6.45) is 2.17. The maximum atomic E-state index is 5.78. The van der Waals surface area contributed by atoms with Crippen LogP contribution in [0.2, 0.25) is 0 Å². The van der Waals surface area contributed by atoms with Crippen molar-refractivity contribution >= 4 is 10.9 Å². The summed E-state index contributed by atoms with van der Waals surface area (Å²) in [6.45, 7) is 7.31. The van der Waals surface area contributed by atoms with Crippen molar-refractivity contribution in [3.8, 4) is 0 Å². The Kier molecular flexibility index (Phi) is 3.01. The maximum absolute atomic E-state index is 5.78. The Morgan fingerprint density at radius 2 is 1.94 bits per heavy atom. The minimum atomic E-state index is 0.413. The normalized spacial score (nSPS) is 13.6. The highest BCUT2D eigenvalue weighted by Crippen LogP contribution is 2.28. The van der Waals surface area contributed by atoms with Gasteiger partial charge in [-0.15, -0.1) is 0 Å². The third-order valence-corrected chi connectivity index (χ3v) is 3.21. The van der Waals surface area contributed by atoms with E-state index >= 15 is 0 Å². The van der Waals surface area contributed by atoms with Crippen molar-refractivity contribution in [2.45, 2.75) is 32.7 Å². The van der Waals surface area contributed by atoms with E-state index in [4.69, 9.17) is 5.73 Å². The van der Waals surface area contributed by atoms with Crippen LogP contribution in [-0.4, -0.2) is 11.1 Å². The first-order valence-corrected chi connectivity index (χ1v) is 5.94. The third-order valence-electron chi connectivity index (χ3n) is 3.21. The molecule has 0 aliphatic carbocycles. The van der Waals surface area contributed by atoms with E-state index in [1.807, 2.05) is 0 Å². The molecule has 2 heteroatoms. The number of aromatic nitrogens is 1. The van der Waals surface area contributed by atoms with Gasteiger partial charge >= 0.3 is 0 Å². The molecule has 2 nitrogen and oxygen atoms in total. The minimum absolute atomic E-state index is 0.413. The van der Waals surface area contributed by atoms with Gasteiger partial charge in [-0.05, 0) is 43.3 Å². The van der Waals surface area contributed by atoms with E-state index in [0.717, 1.165) is 0 Å². The Labute approximate surface area is 97.1 Å². The van der Waals surface area contributed by atoms with Crippen molar-refractivity contribution in [3.05, 3.63) is 36.0 Å². The molecule has 1 aromatic heterocycles. The highest BCUT2D eigenvalue weighted by molar-refractivity contribution is 5.84. The monoisotopic (exact) mass is 216 g/mol. The summed E-state index contributed by atoms with van der Waals surface area (Å²) in [4.78, 5) is 0. The van der Waals surface area contributed by atoms with E-state index in [-0.39, 0.29) is 0 Å². The second-order valence-corrected chi connectivity index (χ2v) is 4.74. The van der Waals surface area contributed by atoms with Crippen molar-refractivity contribution in [3.63, 3.8) is 0 Å². The molecular formula is C14H20N2. The molecule has 86 valence electrons. The molecule has 1 unspecified atom stereocenters. The van der Waals surface area contributed by atoms with E-state index in [9.17, 15) is 0 Å². The highest BCUT2D eigenvalue weighted by Gasteiger charge is 2.12. The lowest BCUT2D eigenvalue weighted by atomic mass is 9.99. The Balaban J connectivity index is 2.68. The van der Waals surface area contributed by atoms with Crippen LogP contribution in [0.1, 0.15) is 38.3 Å². The van der Waals surface area contributed by atoms with Crippen LogP contribution in [0, 0.1) is 0 Å². The van der Waals surface area contributed by atoms with Gasteiger partial charge < -0.3 is 10.3 Å². The molecule has 0 radical (unpaired) electrons. The molecule has 1 heterocycles. The summed E-state index contributed by atoms with van der Waals surface area (Å²) in [6, 6.07) is 9.15. The van der Waals surface area contributed by atoms with Crippen LogP contribution in [0.5, 0.6) is 0 Å². The molecule has 0 amide bonds. The molecule has 1 atom stereocenters. The molecule has 1 aromatic carbocycles. The summed E-state index contributed by atoms with van der Waals surface area (Å²) in [5, 5.41) is 1.31. The zero-order valence-corrected chi connectivity index (χ0v) is 10.3. The Morgan fingerprint density at radius 3 is 2.56 bits per heavy atom. The van der Waals surface area contributed by atoms with Crippen LogP contribution >= 0.6 is 0 Å². The zero-order chi connectivity index (χ0) is 11.7. The van der Waals surface area contributed by atoms with Crippen molar-refractivity contribution in [1.29, 1.82) is 0 Å². The molecule has 0 aliphatic heterocycles. The topological polar surface area (TPSA) is 30.9 Å². The average Bonchev–Trinajstić information content (AvgIpc) is 2.71. The zero-order valence-electron chi connectivity index (χ0n) is 10.3. The number of hydrogen-bond acceptors (Lipinski definition) is 1. The lowest BCUT2D eigenvalue weighted by molar-refractivity contribution is 0.618. The lowest BCUT2D eigenvalue weighted by Crippen LogP contribution is -2.11. The molecule has 2 N–H and O–H groups in total. The number of rotatable bonds is 3. The molecule has 0 saturated heterocycles. The van der Waals surface area contributed by atoms with Gasteiger partial charge in [0.25, 0.3) is 0 Å². The predicted octanol–water partition coefficient (Wildman–Crippen LogP) is 3.28. The predicted molar refractivity (Wildman–Crippen MR) is 69.8 cm³/mol. The largest absolute Gasteiger partial charge is 0.345 e. The number of nitrogens with two attached hydrogens (primary N) is 1. The molecule has 0 saturated carbocycles. The molecule has 16 heavy (non-hydrogen) atoms. The smallest absolute Gasteiger partial charge is 0.0518 e. The Bertz CT molecular complexity index is 482. The van der Waals surface area contributed by atoms with Gasteiger partial charge in [-0.25, -0.2) is 0 Å². The first-order chi connectivity index (χ1) is 7.65. The van der Waals surface area contributed by atoms with Crippen molar-refractivity contribution < 1.29 is 0 Å². The first kappa shape index (κ1) is 11.2. The molecule has 0 bridgehead atoms. The van der Waals surface area contributed by atoms with Gasteiger partial charge in [-0.3, -0.25) is 0 Å². The standard InChI is InChI=1S/C14H20N2/c1-10(2)16-8-7-12-5-4-6-13(14(12)16)11(3)9-15/h4-8,10-11H,9,15H2,1-3H3. The van der Waals surface area contributed by atoms with E-state index in [1.54, 1.807) is 0 Å². The van der Waals surface area contributed by atoms with Gasteiger partial charge in [0.05, 0.1) is 5.52 Å². The Hall–Kier alpha value is -1.28. The lowest BCUT2D eigenvalue weighted by Gasteiger charge is -2.16. The average molecular weight is 216 g/mol. The fourth-order valence-electron chi connectivity index (χ4n) is 2.20. The van der Waals surface area contributed by atoms with Gasteiger partial charge in [-0.1, -0.05) is 25.1 Å². The number of fused-ring (bicyclic) bond motifs is 1. The van der Waals surface area contributed by atoms with E-state index in [1.165, 1.54) is 16.5 Å². The van der Waals surface area contributed by atoms with E-state index < -0.39 is 0 Å². The van der Waals surface area contributed by atoms with Crippen LogP contribution in [0.15, 0.2) is 30.5 Å². The fourth-order valence-corrected chi connectivity index (χ4v) is 2.20. The van der Waals surface area contributed by atoms with Crippen molar-refractivity contribution in [1.82, 2.24) is 4.57 Å². The first-order valence-electron chi connectivity index (χ1n) is 5.94. The van der Waals surface area contributed by atoms with Crippen LogP contribution in [0.3, 0.4) is 0 Å². The van der Waals surface area contributed by atoms with Gasteiger partial charge in [0.1, 0.15) is 0 Å².